The van der Waals surface area contributed by atoms with Crippen LogP contribution >= 0.6 is 0 Å². The molecule has 0 aromatic heterocycles. The van der Waals surface area contributed by atoms with Gasteiger partial charge < -0.3 is 15.4 Å². The third kappa shape index (κ3) is 2.70. The second kappa shape index (κ2) is 5.28. The number of ether oxygens (including phenoxy) is 1. The number of nitro benzene ring substituents is 1. The number of hydrogen-bond donors (Lipinski definition) is 1. The standard InChI is InChI=1S/C14H21N3O3/c1-14(2)9-16(7-6-13(14)15)10-4-5-11(17(18)19)12(8-10)20-3/h4-5,8,13H,6-7,9,15H2,1-3H3/t13-/m1/s1. The van der Waals surface area contributed by atoms with Crippen molar-refractivity contribution in [1.29, 1.82) is 0 Å². The second-order valence-electron chi connectivity index (χ2n) is 5.92. The molecule has 6 heteroatoms. The number of anilines is 1. The molecule has 0 bridgehead atoms. The number of nitrogens with two attached hydrogens (primary N) is 1. The Labute approximate surface area is 118 Å². The highest BCUT2D eigenvalue weighted by atomic mass is 16.6. The monoisotopic (exact) mass is 279 g/mol. The van der Waals surface area contributed by atoms with Gasteiger partial charge in [-0.1, -0.05) is 13.8 Å². The van der Waals surface area contributed by atoms with E-state index >= 15 is 0 Å². The van der Waals surface area contributed by atoms with Gasteiger partial charge in [0.25, 0.3) is 0 Å². The first kappa shape index (κ1) is 14.6. The molecular formula is C14H21N3O3. The molecule has 1 atom stereocenters. The van der Waals surface area contributed by atoms with Crippen LogP contribution in [0.15, 0.2) is 18.2 Å². The summed E-state index contributed by atoms with van der Waals surface area (Å²) < 4.78 is 5.12. The molecule has 2 rings (SSSR count). The van der Waals surface area contributed by atoms with E-state index in [-0.39, 0.29) is 17.1 Å². The van der Waals surface area contributed by atoms with Crippen molar-refractivity contribution < 1.29 is 9.66 Å². The molecule has 6 nitrogen and oxygen atoms in total. The minimum atomic E-state index is -0.432. The Morgan fingerprint density at radius 3 is 2.75 bits per heavy atom. The lowest BCUT2D eigenvalue weighted by Gasteiger charge is -2.43. The van der Waals surface area contributed by atoms with E-state index in [1.165, 1.54) is 13.2 Å². The maximum atomic E-state index is 10.9. The minimum absolute atomic E-state index is 0.00998. The van der Waals surface area contributed by atoms with Crippen LogP contribution in [0.2, 0.25) is 0 Å². The molecule has 1 heterocycles. The summed E-state index contributed by atoms with van der Waals surface area (Å²) >= 11 is 0. The zero-order chi connectivity index (χ0) is 14.9. The van der Waals surface area contributed by atoms with Crippen molar-refractivity contribution in [3.05, 3.63) is 28.3 Å². The van der Waals surface area contributed by atoms with E-state index in [0.29, 0.717) is 5.75 Å². The molecule has 0 spiro atoms. The quantitative estimate of drug-likeness (QED) is 0.677. The molecule has 0 amide bonds. The van der Waals surface area contributed by atoms with Crippen LogP contribution in [0.5, 0.6) is 5.75 Å². The summed E-state index contributed by atoms with van der Waals surface area (Å²) in [7, 11) is 1.45. The van der Waals surface area contributed by atoms with Crippen molar-refractivity contribution in [2.24, 2.45) is 11.1 Å². The molecule has 1 fully saturated rings. The largest absolute Gasteiger partial charge is 0.490 e. The lowest BCUT2D eigenvalue weighted by molar-refractivity contribution is -0.385. The number of nitrogens with zero attached hydrogens (tertiary/aromatic N) is 2. The van der Waals surface area contributed by atoms with Crippen LogP contribution < -0.4 is 15.4 Å². The highest BCUT2D eigenvalue weighted by molar-refractivity contribution is 5.59. The smallest absolute Gasteiger partial charge is 0.311 e. The van der Waals surface area contributed by atoms with Gasteiger partial charge in [0.05, 0.1) is 12.0 Å². The number of rotatable bonds is 3. The molecule has 1 aromatic carbocycles. The van der Waals surface area contributed by atoms with E-state index in [9.17, 15) is 10.1 Å². The van der Waals surface area contributed by atoms with Crippen molar-refractivity contribution in [3.63, 3.8) is 0 Å². The fourth-order valence-corrected chi connectivity index (χ4v) is 2.61. The normalized spacial score (nSPS) is 21.6. The minimum Gasteiger partial charge on any atom is -0.490 e. The predicted octanol–water partition coefficient (Wildman–Crippen LogP) is 2.17. The SMILES string of the molecule is COc1cc(N2CC[C@@H](N)C(C)(C)C2)ccc1[N+](=O)[O-]. The number of piperidine rings is 1. The first-order valence-corrected chi connectivity index (χ1v) is 6.68. The maximum absolute atomic E-state index is 10.9. The Balaban J connectivity index is 2.28. The lowest BCUT2D eigenvalue weighted by atomic mass is 9.79. The molecule has 0 saturated carbocycles. The average Bonchev–Trinajstić information content (AvgIpc) is 2.40. The molecule has 1 aromatic rings. The molecule has 1 aliphatic heterocycles. The lowest BCUT2D eigenvalue weighted by Crippen LogP contribution is -2.52. The number of nitro groups is 1. The van der Waals surface area contributed by atoms with E-state index in [1.807, 2.05) is 0 Å². The molecule has 1 aliphatic rings. The van der Waals surface area contributed by atoms with Gasteiger partial charge >= 0.3 is 5.69 Å². The fraction of sp³-hybridized carbons (Fsp3) is 0.571. The summed E-state index contributed by atoms with van der Waals surface area (Å²) in [4.78, 5) is 12.7. The van der Waals surface area contributed by atoms with Crippen molar-refractivity contribution in [2.75, 3.05) is 25.1 Å². The summed E-state index contributed by atoms with van der Waals surface area (Å²) in [6, 6.07) is 5.17. The van der Waals surface area contributed by atoms with Gasteiger partial charge in [-0.15, -0.1) is 0 Å². The van der Waals surface area contributed by atoms with Gasteiger partial charge in [-0.25, -0.2) is 0 Å². The number of hydrogen-bond acceptors (Lipinski definition) is 5. The molecule has 1 saturated heterocycles. The zero-order valence-electron chi connectivity index (χ0n) is 12.1. The predicted molar refractivity (Wildman–Crippen MR) is 78.2 cm³/mol. The van der Waals surface area contributed by atoms with E-state index < -0.39 is 4.92 Å². The molecule has 110 valence electrons. The number of methoxy groups -OCH3 is 1. The van der Waals surface area contributed by atoms with Crippen LogP contribution in [-0.4, -0.2) is 31.2 Å². The summed E-state index contributed by atoms with van der Waals surface area (Å²) in [5, 5.41) is 10.9. The Kier molecular flexibility index (Phi) is 3.85. The topological polar surface area (TPSA) is 81.6 Å². The van der Waals surface area contributed by atoms with Gasteiger partial charge in [-0.3, -0.25) is 10.1 Å². The molecule has 2 N–H and O–H groups in total. The first-order chi connectivity index (χ1) is 9.35. The van der Waals surface area contributed by atoms with Gasteiger partial charge in [0.2, 0.25) is 0 Å². The molecule has 0 radical (unpaired) electrons. The third-order valence-electron chi connectivity index (χ3n) is 4.04. The van der Waals surface area contributed by atoms with Crippen molar-refractivity contribution in [1.82, 2.24) is 0 Å². The maximum Gasteiger partial charge on any atom is 0.311 e. The van der Waals surface area contributed by atoms with Crippen LogP contribution in [0.3, 0.4) is 0 Å². The zero-order valence-corrected chi connectivity index (χ0v) is 12.1. The highest BCUT2D eigenvalue weighted by Crippen LogP contribution is 2.35. The van der Waals surface area contributed by atoms with Crippen LogP contribution in [-0.2, 0) is 0 Å². The van der Waals surface area contributed by atoms with Crippen LogP contribution in [0.4, 0.5) is 11.4 Å². The van der Waals surface area contributed by atoms with E-state index in [1.54, 1.807) is 12.1 Å². The van der Waals surface area contributed by atoms with Crippen LogP contribution in [0.25, 0.3) is 0 Å². The number of benzene rings is 1. The fourth-order valence-electron chi connectivity index (χ4n) is 2.61. The van der Waals surface area contributed by atoms with E-state index in [2.05, 4.69) is 18.7 Å². The van der Waals surface area contributed by atoms with Crippen LogP contribution in [0.1, 0.15) is 20.3 Å². The van der Waals surface area contributed by atoms with E-state index in [4.69, 9.17) is 10.5 Å². The molecule has 0 unspecified atom stereocenters. The molecule has 0 aliphatic carbocycles. The van der Waals surface area contributed by atoms with E-state index in [0.717, 1.165) is 25.2 Å². The summed E-state index contributed by atoms with van der Waals surface area (Å²) in [5.41, 5.74) is 7.08. The average molecular weight is 279 g/mol. The Morgan fingerprint density at radius 2 is 2.20 bits per heavy atom. The third-order valence-corrected chi connectivity index (χ3v) is 4.04. The highest BCUT2D eigenvalue weighted by Gasteiger charge is 2.33. The van der Waals surface area contributed by atoms with Crippen molar-refractivity contribution in [2.45, 2.75) is 26.3 Å². The molecular weight excluding hydrogens is 258 g/mol. The molecule has 20 heavy (non-hydrogen) atoms. The second-order valence-corrected chi connectivity index (χ2v) is 5.92. The Hall–Kier alpha value is -1.82. The van der Waals surface area contributed by atoms with Crippen LogP contribution in [0, 0.1) is 15.5 Å². The summed E-state index contributed by atoms with van der Waals surface area (Å²) in [6.07, 6.45) is 0.909. The first-order valence-electron chi connectivity index (χ1n) is 6.68. The van der Waals surface area contributed by atoms with Crippen molar-refractivity contribution in [3.8, 4) is 5.75 Å². The summed E-state index contributed by atoms with van der Waals surface area (Å²) in [6.45, 7) is 5.97. The summed E-state index contributed by atoms with van der Waals surface area (Å²) in [5.74, 6) is 0.292. The Bertz CT molecular complexity index is 516. The van der Waals surface area contributed by atoms with Gasteiger partial charge in [0, 0.05) is 37.0 Å². The Morgan fingerprint density at radius 1 is 1.50 bits per heavy atom. The van der Waals surface area contributed by atoms with Gasteiger partial charge in [-0.05, 0) is 17.9 Å². The van der Waals surface area contributed by atoms with Crippen molar-refractivity contribution >= 4 is 11.4 Å². The van der Waals surface area contributed by atoms with Gasteiger partial charge in [0.15, 0.2) is 5.75 Å². The van der Waals surface area contributed by atoms with Gasteiger partial charge in [-0.2, -0.15) is 0 Å². The van der Waals surface area contributed by atoms with Gasteiger partial charge in [0.1, 0.15) is 0 Å².